The number of thioether (sulfide) groups is 2. The first-order chi connectivity index (χ1) is 28.4. The van der Waals surface area contributed by atoms with Crippen LogP contribution in [0.25, 0.3) is 22.1 Å². The highest BCUT2D eigenvalue weighted by Gasteiger charge is 2.33. The van der Waals surface area contributed by atoms with E-state index in [-0.39, 0.29) is 29.0 Å². The number of halogens is 1. The number of carbonyl (C=O) groups is 4. The van der Waals surface area contributed by atoms with Gasteiger partial charge in [0, 0.05) is 95.8 Å². The Hall–Kier alpha value is -4.63. The summed E-state index contributed by atoms with van der Waals surface area (Å²) < 4.78 is 4.94. The van der Waals surface area contributed by atoms with Crippen molar-refractivity contribution < 1.29 is 23.9 Å². The van der Waals surface area contributed by atoms with Crippen LogP contribution in [0.15, 0.2) is 72.8 Å². The third kappa shape index (κ3) is 8.43. The number of fused-ring (bicyclic) bond motifs is 8. The summed E-state index contributed by atoms with van der Waals surface area (Å²) in [5, 5.41) is 3.26. The van der Waals surface area contributed by atoms with Crippen LogP contribution in [0.4, 0.5) is 0 Å². The lowest BCUT2D eigenvalue weighted by Gasteiger charge is -2.24. The van der Waals surface area contributed by atoms with E-state index in [9.17, 15) is 19.2 Å². The van der Waals surface area contributed by atoms with Gasteiger partial charge in [0.2, 0.25) is 0 Å². The van der Waals surface area contributed by atoms with Gasteiger partial charge in [-0.3, -0.25) is 24.1 Å². The Balaban J connectivity index is 0.000000130. The number of aromatic amines is 2. The first-order valence-electron chi connectivity index (χ1n) is 19.5. The molecule has 298 valence electrons. The van der Waals surface area contributed by atoms with Crippen LogP contribution in [0.5, 0.6) is 0 Å². The van der Waals surface area contributed by atoms with Crippen molar-refractivity contribution in [3.63, 3.8) is 0 Å². The molecule has 0 unspecified atom stereocenters. The highest BCUT2D eigenvalue weighted by molar-refractivity contribution is 7.99. The lowest BCUT2D eigenvalue weighted by atomic mass is 9.83. The first-order valence-corrected chi connectivity index (χ1v) is 22.4. The number of benzene rings is 4. The Labute approximate surface area is 349 Å². The van der Waals surface area contributed by atoms with E-state index in [4.69, 9.17) is 21.3 Å². The highest BCUT2D eigenvalue weighted by atomic mass is 35.5. The monoisotopic (exact) mass is 834 g/mol. The largest absolute Gasteiger partial charge is 0.381 e. The van der Waals surface area contributed by atoms with Gasteiger partial charge in [0.1, 0.15) is 22.7 Å². The summed E-state index contributed by atoms with van der Waals surface area (Å²) >= 11 is 9.79. The van der Waals surface area contributed by atoms with Crippen LogP contribution in [0.2, 0.25) is 0 Å². The lowest BCUT2D eigenvalue weighted by molar-refractivity contribution is 0.0980. The molecule has 0 spiro atoms. The fraction of sp³-hybridized carbons (Fsp3) is 0.318. The second-order valence-electron chi connectivity index (χ2n) is 14.2. The zero-order chi connectivity index (χ0) is 40.0. The third-order valence-corrected chi connectivity index (χ3v) is 12.6. The van der Waals surface area contributed by atoms with Crippen LogP contribution < -0.4 is 5.32 Å². The van der Waals surface area contributed by atoms with Gasteiger partial charge in [0.25, 0.3) is 0 Å². The van der Waals surface area contributed by atoms with Crippen LogP contribution in [0, 0.1) is 0 Å². The van der Waals surface area contributed by atoms with Crippen molar-refractivity contribution in [2.75, 3.05) is 62.4 Å². The zero-order valence-electron chi connectivity index (χ0n) is 31.9. The van der Waals surface area contributed by atoms with E-state index in [1.54, 1.807) is 66.7 Å². The Morgan fingerprint density at radius 2 is 1.05 bits per heavy atom. The number of H-pyrrole nitrogens is 2. The van der Waals surface area contributed by atoms with Gasteiger partial charge in [-0.15, -0.1) is 11.6 Å². The molecule has 3 aliphatic heterocycles. The fourth-order valence-corrected chi connectivity index (χ4v) is 9.43. The molecular formula is C44H43ClN6O5S2. The van der Waals surface area contributed by atoms with Crippen molar-refractivity contribution in [1.82, 2.24) is 30.2 Å². The van der Waals surface area contributed by atoms with E-state index in [1.807, 2.05) is 29.6 Å². The van der Waals surface area contributed by atoms with Gasteiger partial charge in [-0.05, 0) is 37.1 Å². The predicted octanol–water partition coefficient (Wildman–Crippen LogP) is 7.08. The number of rotatable bonds is 3. The van der Waals surface area contributed by atoms with Crippen molar-refractivity contribution in [3.05, 3.63) is 129 Å². The van der Waals surface area contributed by atoms with E-state index < -0.39 is 0 Å². The molecule has 6 aromatic rings. The molecule has 0 saturated carbocycles. The molecule has 3 fully saturated rings. The van der Waals surface area contributed by atoms with Crippen LogP contribution in [0.3, 0.4) is 0 Å². The van der Waals surface area contributed by atoms with Crippen molar-refractivity contribution in [2.24, 2.45) is 0 Å². The van der Waals surface area contributed by atoms with E-state index in [1.165, 1.54) is 37.4 Å². The molecular weight excluding hydrogens is 792 g/mol. The maximum Gasteiger partial charge on any atom is 0.196 e. The Morgan fingerprint density at radius 1 is 0.586 bits per heavy atom. The van der Waals surface area contributed by atoms with Gasteiger partial charge >= 0.3 is 0 Å². The molecule has 14 heteroatoms. The van der Waals surface area contributed by atoms with E-state index >= 15 is 0 Å². The standard InChI is InChI=1S/C20H17N3O2S.C16H9ClN2O2.C4H9NS.C4H8O/c24-19-12-3-1-2-4-13(12)20(25)17-14(19)5-6-15-18(17)22-16(21-15)11-23-7-9-26-10-8-23;17-7-12-18-11-6-5-10-13(14(11)19-12)16(21)9-4-2-1-3-8(9)15(10)20;1-3-6-4-2-5-1;1-2-4-5-3-1/h1-6H,7-11H2,(H,21,22);1-6H,7H2,(H,18,19);5H,1-4H2;1-4H2. The van der Waals surface area contributed by atoms with Crippen LogP contribution in [-0.4, -0.2) is 110 Å². The minimum Gasteiger partial charge on any atom is -0.381 e. The number of carbonyl (C=O) groups excluding carboxylic acids is 4. The maximum atomic E-state index is 13.0. The number of aromatic nitrogens is 4. The summed E-state index contributed by atoms with van der Waals surface area (Å²) in [7, 11) is 0. The Bertz CT molecular complexity index is 2480. The molecule has 0 bridgehead atoms. The molecule has 0 radical (unpaired) electrons. The van der Waals surface area contributed by atoms with Gasteiger partial charge < -0.3 is 20.0 Å². The topological polar surface area (TPSA) is 150 Å². The lowest BCUT2D eigenvalue weighted by Crippen LogP contribution is -2.32. The minimum atomic E-state index is -0.168. The molecule has 0 amide bonds. The SMILES string of the molecule is C1CCOC1.C1CSCCN1.O=C1c2ccccc2C(=O)c2c1ccc1[nH]c(CCl)nc21.O=C1c2ccccc2C(=O)c2c1ccc1[nH]c(CN3CCSCC3)nc21. The predicted molar refractivity (Wildman–Crippen MR) is 231 cm³/mol. The summed E-state index contributed by atoms with van der Waals surface area (Å²) in [5.74, 6) is 6.01. The number of imidazole rings is 2. The smallest absolute Gasteiger partial charge is 0.196 e. The number of alkyl halides is 1. The number of nitrogens with one attached hydrogen (secondary N) is 3. The second kappa shape index (κ2) is 18.5. The van der Waals surface area contributed by atoms with Gasteiger partial charge in [-0.1, -0.05) is 48.5 Å². The minimum absolute atomic E-state index is 0.102. The summed E-state index contributed by atoms with van der Waals surface area (Å²) in [4.78, 5) is 68.9. The number of ketones is 4. The van der Waals surface area contributed by atoms with E-state index in [0.29, 0.717) is 66.9 Å². The van der Waals surface area contributed by atoms with Crippen LogP contribution in [0.1, 0.15) is 88.2 Å². The molecule has 5 heterocycles. The van der Waals surface area contributed by atoms with Crippen LogP contribution >= 0.6 is 35.1 Å². The Kier molecular flexibility index (Phi) is 12.8. The van der Waals surface area contributed by atoms with E-state index in [0.717, 1.165) is 55.7 Å². The van der Waals surface area contributed by atoms with Gasteiger partial charge in [0.05, 0.1) is 34.6 Å². The summed E-state index contributed by atoms with van der Waals surface area (Å²) in [5.41, 5.74) is 6.11. The van der Waals surface area contributed by atoms with Crippen molar-refractivity contribution in [1.29, 1.82) is 0 Å². The average molecular weight is 835 g/mol. The number of nitrogens with zero attached hydrogens (tertiary/aromatic N) is 3. The number of hydrogen-bond donors (Lipinski definition) is 3. The molecule has 4 aromatic carbocycles. The van der Waals surface area contributed by atoms with Crippen molar-refractivity contribution >= 4 is 80.3 Å². The van der Waals surface area contributed by atoms with E-state index in [2.05, 4.69) is 25.2 Å². The Morgan fingerprint density at radius 3 is 1.48 bits per heavy atom. The van der Waals surface area contributed by atoms with Crippen LogP contribution in [-0.2, 0) is 17.2 Å². The van der Waals surface area contributed by atoms with Crippen molar-refractivity contribution in [3.8, 4) is 0 Å². The van der Waals surface area contributed by atoms with Crippen molar-refractivity contribution in [2.45, 2.75) is 25.3 Å². The molecule has 3 N–H and O–H groups in total. The molecule has 2 aromatic heterocycles. The molecule has 58 heavy (non-hydrogen) atoms. The van der Waals surface area contributed by atoms with Gasteiger partial charge in [-0.25, -0.2) is 9.97 Å². The third-order valence-electron chi connectivity index (χ3n) is 10.5. The zero-order valence-corrected chi connectivity index (χ0v) is 34.3. The molecule has 11 nitrogen and oxygen atoms in total. The second-order valence-corrected chi connectivity index (χ2v) is 17.0. The molecule has 3 saturated heterocycles. The summed E-state index contributed by atoms with van der Waals surface area (Å²) in [6.07, 6.45) is 2.56. The van der Waals surface area contributed by atoms with Gasteiger partial charge in [-0.2, -0.15) is 23.5 Å². The first kappa shape index (κ1) is 40.2. The molecule has 2 aliphatic carbocycles. The highest BCUT2D eigenvalue weighted by Crippen LogP contribution is 2.33. The summed E-state index contributed by atoms with van der Waals surface area (Å²) in [6.45, 7) is 7.26. The number of ether oxygens (including phenoxy) is 1. The average Bonchev–Trinajstić information content (AvgIpc) is 4.08. The quantitative estimate of drug-likeness (QED) is 0.157. The molecule has 11 rings (SSSR count). The fourth-order valence-electron chi connectivity index (χ4n) is 7.54. The normalized spacial score (nSPS) is 17.2. The number of hydrogen-bond acceptors (Lipinski definition) is 11. The summed E-state index contributed by atoms with van der Waals surface area (Å²) in [6, 6.07) is 20.9. The van der Waals surface area contributed by atoms with Gasteiger partial charge in [0.15, 0.2) is 23.1 Å². The molecule has 0 atom stereocenters. The maximum absolute atomic E-state index is 13.0. The molecule has 5 aliphatic rings.